The molecule has 0 saturated carbocycles. The van der Waals surface area contributed by atoms with Crippen LogP contribution in [0.1, 0.15) is 40.7 Å². The molecule has 122 valence electrons. The smallest absolute Gasteiger partial charge is 0.376 e. The molecule has 0 aliphatic carbocycles. The number of nitrogens with two attached hydrogens (primary N) is 1. The van der Waals surface area contributed by atoms with Gasteiger partial charge in [0.1, 0.15) is 6.61 Å². The quantitative estimate of drug-likeness (QED) is 0.811. The van der Waals surface area contributed by atoms with Gasteiger partial charge in [-0.2, -0.15) is 0 Å². The number of aromatic nitrogens is 1. The molecule has 1 atom stereocenters. The van der Waals surface area contributed by atoms with Crippen LogP contribution in [0.3, 0.4) is 0 Å². The van der Waals surface area contributed by atoms with E-state index in [-0.39, 0.29) is 24.9 Å². The number of esters is 2. The molecular formula is C16H18N2O5. The highest BCUT2D eigenvalue weighted by Crippen LogP contribution is 2.18. The Morgan fingerprint density at radius 2 is 1.96 bits per heavy atom. The number of oxazole rings is 1. The molecular weight excluding hydrogens is 300 g/mol. The SMILES string of the molecule is CCOC(=O)c1oc(C(N)C(=O)OCc2ccccc2)nc1C. The summed E-state index contributed by atoms with van der Waals surface area (Å²) in [4.78, 5) is 27.6. The van der Waals surface area contributed by atoms with E-state index in [2.05, 4.69) is 4.98 Å². The van der Waals surface area contributed by atoms with Crippen molar-refractivity contribution < 1.29 is 23.5 Å². The number of nitrogens with zero attached hydrogens (tertiary/aromatic N) is 1. The van der Waals surface area contributed by atoms with Gasteiger partial charge >= 0.3 is 11.9 Å². The maximum absolute atomic E-state index is 12.0. The monoisotopic (exact) mass is 318 g/mol. The van der Waals surface area contributed by atoms with Crippen molar-refractivity contribution in [2.75, 3.05) is 6.61 Å². The molecule has 0 fully saturated rings. The van der Waals surface area contributed by atoms with Crippen molar-refractivity contribution in [3.05, 3.63) is 53.2 Å². The zero-order valence-corrected chi connectivity index (χ0v) is 12.9. The Labute approximate surface area is 133 Å². The van der Waals surface area contributed by atoms with E-state index in [4.69, 9.17) is 19.6 Å². The zero-order chi connectivity index (χ0) is 16.8. The predicted molar refractivity (Wildman–Crippen MR) is 80.4 cm³/mol. The zero-order valence-electron chi connectivity index (χ0n) is 12.9. The van der Waals surface area contributed by atoms with Crippen molar-refractivity contribution >= 4 is 11.9 Å². The van der Waals surface area contributed by atoms with Crippen molar-refractivity contribution in [1.29, 1.82) is 0 Å². The summed E-state index contributed by atoms with van der Waals surface area (Å²) >= 11 is 0. The summed E-state index contributed by atoms with van der Waals surface area (Å²) < 4.78 is 15.2. The fourth-order valence-electron chi connectivity index (χ4n) is 1.86. The second-order valence-electron chi connectivity index (χ2n) is 4.76. The van der Waals surface area contributed by atoms with Gasteiger partial charge in [-0.25, -0.2) is 14.6 Å². The minimum atomic E-state index is -1.21. The molecule has 7 nitrogen and oxygen atoms in total. The lowest BCUT2D eigenvalue weighted by Crippen LogP contribution is -2.24. The Morgan fingerprint density at radius 3 is 2.61 bits per heavy atom. The minimum absolute atomic E-state index is 0.0619. The Balaban J connectivity index is 2.02. The van der Waals surface area contributed by atoms with Crippen LogP contribution in [0, 0.1) is 6.92 Å². The van der Waals surface area contributed by atoms with Gasteiger partial charge in [-0.1, -0.05) is 30.3 Å². The number of carbonyl (C=O) groups is 2. The normalized spacial score (nSPS) is 11.8. The molecule has 0 amide bonds. The first kappa shape index (κ1) is 16.7. The number of hydrogen-bond acceptors (Lipinski definition) is 7. The molecule has 1 unspecified atom stereocenters. The van der Waals surface area contributed by atoms with Crippen LogP contribution in [0.5, 0.6) is 0 Å². The molecule has 23 heavy (non-hydrogen) atoms. The fraction of sp³-hybridized carbons (Fsp3) is 0.312. The molecule has 1 aromatic carbocycles. The van der Waals surface area contributed by atoms with Crippen LogP contribution in [-0.4, -0.2) is 23.5 Å². The number of ether oxygens (including phenoxy) is 2. The lowest BCUT2D eigenvalue weighted by atomic mass is 10.2. The van der Waals surface area contributed by atoms with E-state index >= 15 is 0 Å². The number of rotatable bonds is 6. The second-order valence-corrected chi connectivity index (χ2v) is 4.76. The van der Waals surface area contributed by atoms with Crippen molar-refractivity contribution in [1.82, 2.24) is 4.98 Å². The van der Waals surface area contributed by atoms with Crippen LogP contribution in [0.15, 0.2) is 34.7 Å². The molecule has 0 spiro atoms. The topological polar surface area (TPSA) is 105 Å². The first-order valence-corrected chi connectivity index (χ1v) is 7.13. The Hall–Kier alpha value is -2.67. The number of aryl methyl sites for hydroxylation is 1. The summed E-state index contributed by atoms with van der Waals surface area (Å²) in [7, 11) is 0. The molecule has 7 heteroatoms. The van der Waals surface area contributed by atoms with Crippen molar-refractivity contribution in [2.45, 2.75) is 26.5 Å². The summed E-state index contributed by atoms with van der Waals surface area (Å²) in [5.74, 6) is -1.48. The van der Waals surface area contributed by atoms with Gasteiger partial charge < -0.3 is 19.6 Å². The minimum Gasteiger partial charge on any atom is -0.460 e. The van der Waals surface area contributed by atoms with Gasteiger partial charge in [0.15, 0.2) is 6.04 Å². The van der Waals surface area contributed by atoms with Gasteiger partial charge in [-0.15, -0.1) is 0 Å². The average molecular weight is 318 g/mol. The molecule has 0 bridgehead atoms. The van der Waals surface area contributed by atoms with Crippen LogP contribution in [0.4, 0.5) is 0 Å². The summed E-state index contributed by atoms with van der Waals surface area (Å²) in [6, 6.07) is 7.99. The Morgan fingerprint density at radius 1 is 1.26 bits per heavy atom. The highest BCUT2D eigenvalue weighted by Gasteiger charge is 2.27. The summed E-state index contributed by atoms with van der Waals surface area (Å²) in [5, 5.41) is 0. The third kappa shape index (κ3) is 4.17. The Bertz CT molecular complexity index is 681. The first-order valence-electron chi connectivity index (χ1n) is 7.13. The van der Waals surface area contributed by atoms with E-state index in [1.54, 1.807) is 13.8 Å². The second kappa shape index (κ2) is 7.55. The van der Waals surface area contributed by atoms with Crippen LogP contribution >= 0.6 is 0 Å². The van der Waals surface area contributed by atoms with Crippen LogP contribution in [-0.2, 0) is 20.9 Å². The lowest BCUT2D eigenvalue weighted by Gasteiger charge is -2.08. The van der Waals surface area contributed by atoms with E-state index in [0.29, 0.717) is 5.69 Å². The van der Waals surface area contributed by atoms with Crippen molar-refractivity contribution in [3.63, 3.8) is 0 Å². The molecule has 0 aliphatic heterocycles. The van der Waals surface area contributed by atoms with Crippen LogP contribution in [0.2, 0.25) is 0 Å². The van der Waals surface area contributed by atoms with Crippen LogP contribution < -0.4 is 5.73 Å². The maximum Gasteiger partial charge on any atom is 0.376 e. The highest BCUT2D eigenvalue weighted by atomic mass is 16.5. The molecule has 0 radical (unpaired) electrons. The van der Waals surface area contributed by atoms with Gasteiger partial charge in [0, 0.05) is 0 Å². The number of hydrogen-bond donors (Lipinski definition) is 1. The standard InChI is InChI=1S/C16H18N2O5/c1-3-21-16(20)13-10(2)18-14(23-13)12(17)15(19)22-9-11-7-5-4-6-8-11/h4-8,12H,3,9,17H2,1-2H3. The van der Waals surface area contributed by atoms with Gasteiger partial charge in [-0.3, -0.25) is 0 Å². The third-order valence-corrected chi connectivity index (χ3v) is 3.02. The first-order chi connectivity index (χ1) is 11.0. The molecule has 2 N–H and O–H groups in total. The molecule has 2 aromatic rings. The number of carbonyl (C=O) groups excluding carboxylic acids is 2. The number of benzene rings is 1. The van der Waals surface area contributed by atoms with Crippen LogP contribution in [0.25, 0.3) is 0 Å². The van der Waals surface area contributed by atoms with Crippen molar-refractivity contribution in [2.24, 2.45) is 5.73 Å². The van der Waals surface area contributed by atoms with E-state index < -0.39 is 18.0 Å². The molecule has 0 saturated heterocycles. The fourth-order valence-corrected chi connectivity index (χ4v) is 1.86. The Kier molecular flexibility index (Phi) is 5.48. The molecule has 1 aromatic heterocycles. The maximum atomic E-state index is 12.0. The lowest BCUT2D eigenvalue weighted by molar-refractivity contribution is -0.147. The van der Waals surface area contributed by atoms with E-state index in [9.17, 15) is 9.59 Å². The van der Waals surface area contributed by atoms with E-state index in [0.717, 1.165) is 5.56 Å². The summed E-state index contributed by atoms with van der Waals surface area (Å²) in [6.45, 7) is 3.55. The van der Waals surface area contributed by atoms with Gasteiger partial charge in [0.2, 0.25) is 11.7 Å². The molecule has 1 heterocycles. The molecule has 0 aliphatic rings. The predicted octanol–water partition coefficient (Wildman–Crippen LogP) is 1.90. The summed E-state index contributed by atoms with van der Waals surface area (Å²) in [6.07, 6.45) is 0. The summed E-state index contributed by atoms with van der Waals surface area (Å²) in [5.41, 5.74) is 6.92. The van der Waals surface area contributed by atoms with Gasteiger partial charge in [-0.05, 0) is 19.4 Å². The van der Waals surface area contributed by atoms with Gasteiger partial charge in [0.05, 0.1) is 12.3 Å². The van der Waals surface area contributed by atoms with E-state index in [1.807, 2.05) is 30.3 Å². The highest BCUT2D eigenvalue weighted by molar-refractivity contribution is 5.87. The average Bonchev–Trinajstić information content (AvgIpc) is 2.95. The third-order valence-electron chi connectivity index (χ3n) is 3.02. The van der Waals surface area contributed by atoms with E-state index in [1.165, 1.54) is 0 Å². The largest absolute Gasteiger partial charge is 0.460 e. The van der Waals surface area contributed by atoms with Crippen molar-refractivity contribution in [3.8, 4) is 0 Å². The van der Waals surface area contributed by atoms with Gasteiger partial charge in [0.25, 0.3) is 0 Å². The molecule has 2 rings (SSSR count).